The van der Waals surface area contributed by atoms with Gasteiger partial charge in [0.15, 0.2) is 0 Å². The summed E-state index contributed by atoms with van der Waals surface area (Å²) < 4.78 is 1.93. The summed E-state index contributed by atoms with van der Waals surface area (Å²) in [6, 6.07) is 4.42. The molecule has 2 fully saturated rings. The van der Waals surface area contributed by atoms with Crippen LogP contribution in [0.15, 0.2) is 30.7 Å². The van der Waals surface area contributed by atoms with E-state index in [1.54, 1.807) is 6.20 Å². The highest BCUT2D eigenvalue weighted by molar-refractivity contribution is 5.77. The highest BCUT2D eigenvalue weighted by Crippen LogP contribution is 2.25. The maximum absolute atomic E-state index is 12.4. The average Bonchev–Trinajstić information content (AvgIpc) is 3.34. The third-order valence-corrected chi connectivity index (χ3v) is 5.86. The normalized spacial score (nSPS) is 18.8. The first kappa shape index (κ1) is 18.0. The van der Waals surface area contributed by atoms with Crippen LogP contribution in [0.1, 0.15) is 45.4 Å². The summed E-state index contributed by atoms with van der Waals surface area (Å²) in [6.07, 6.45) is 12.6. The van der Waals surface area contributed by atoms with E-state index in [1.807, 2.05) is 23.0 Å². The van der Waals surface area contributed by atoms with Crippen molar-refractivity contribution in [1.29, 1.82) is 0 Å². The molecule has 1 aliphatic carbocycles. The minimum atomic E-state index is 0.0699. The Morgan fingerprint density at radius 1 is 1.15 bits per heavy atom. The molecule has 6 heteroatoms. The van der Waals surface area contributed by atoms with Gasteiger partial charge in [-0.15, -0.1) is 0 Å². The lowest BCUT2D eigenvalue weighted by Crippen LogP contribution is -2.35. The number of carbonyl (C=O) groups excluding carboxylic acids is 1. The molecule has 1 saturated heterocycles. The molecule has 144 valence electrons. The molecule has 4 rings (SSSR count). The van der Waals surface area contributed by atoms with Gasteiger partial charge < -0.3 is 14.8 Å². The molecule has 1 N–H and O–H groups in total. The van der Waals surface area contributed by atoms with E-state index in [2.05, 4.69) is 33.2 Å². The van der Waals surface area contributed by atoms with Gasteiger partial charge in [-0.1, -0.05) is 19.8 Å². The molecule has 3 heterocycles. The number of piperidine rings is 1. The van der Waals surface area contributed by atoms with Crippen molar-refractivity contribution >= 4 is 11.7 Å². The lowest BCUT2D eigenvalue weighted by molar-refractivity contribution is -0.122. The summed E-state index contributed by atoms with van der Waals surface area (Å²) >= 11 is 0. The van der Waals surface area contributed by atoms with Crippen LogP contribution in [0, 0.1) is 5.92 Å². The minimum Gasteiger partial charge on any atom is -0.357 e. The average molecular weight is 367 g/mol. The Bertz CT molecular complexity index is 772. The number of pyridine rings is 1. The monoisotopic (exact) mass is 367 g/mol. The number of aromatic nitrogens is 3. The molecule has 0 radical (unpaired) electrons. The van der Waals surface area contributed by atoms with Crippen LogP contribution in [0.25, 0.3) is 11.4 Å². The number of rotatable bonds is 5. The van der Waals surface area contributed by atoms with Crippen molar-refractivity contribution in [3.63, 3.8) is 0 Å². The molecule has 0 spiro atoms. The van der Waals surface area contributed by atoms with Crippen molar-refractivity contribution in [3.8, 4) is 11.4 Å². The van der Waals surface area contributed by atoms with Crippen molar-refractivity contribution in [1.82, 2.24) is 19.9 Å². The molecule has 1 amide bonds. The summed E-state index contributed by atoms with van der Waals surface area (Å²) in [5, 5.41) is 3.15. The number of carbonyl (C=O) groups is 1. The maximum Gasteiger partial charge on any atom is 0.240 e. The smallest absolute Gasteiger partial charge is 0.240 e. The van der Waals surface area contributed by atoms with Gasteiger partial charge in [0.05, 0.1) is 0 Å². The Morgan fingerprint density at radius 3 is 2.70 bits per heavy atom. The van der Waals surface area contributed by atoms with Crippen LogP contribution in [-0.4, -0.2) is 39.6 Å². The van der Waals surface area contributed by atoms with E-state index < -0.39 is 0 Å². The van der Waals surface area contributed by atoms with E-state index in [0.29, 0.717) is 12.6 Å². The number of nitrogens with zero attached hydrogens (tertiary/aromatic N) is 4. The van der Waals surface area contributed by atoms with Gasteiger partial charge in [-0.3, -0.25) is 4.79 Å². The number of imidazole rings is 1. The Hall–Kier alpha value is -2.37. The quantitative estimate of drug-likeness (QED) is 0.881. The van der Waals surface area contributed by atoms with Gasteiger partial charge in [-0.2, -0.15) is 0 Å². The molecule has 0 atom stereocenters. The lowest BCUT2D eigenvalue weighted by atomic mass is 9.99. The first-order valence-corrected chi connectivity index (χ1v) is 10.2. The van der Waals surface area contributed by atoms with Gasteiger partial charge in [0.2, 0.25) is 5.91 Å². The predicted octanol–water partition coefficient (Wildman–Crippen LogP) is 3.24. The lowest BCUT2D eigenvalue weighted by Gasteiger charge is -2.31. The van der Waals surface area contributed by atoms with Crippen LogP contribution in [0.5, 0.6) is 0 Å². The van der Waals surface area contributed by atoms with Gasteiger partial charge in [0.1, 0.15) is 18.2 Å². The Morgan fingerprint density at radius 2 is 1.93 bits per heavy atom. The zero-order valence-electron chi connectivity index (χ0n) is 16.1. The van der Waals surface area contributed by atoms with E-state index in [1.165, 1.54) is 25.7 Å². The Kier molecular flexibility index (Phi) is 5.41. The third kappa shape index (κ3) is 4.31. The van der Waals surface area contributed by atoms with Crippen molar-refractivity contribution in [2.75, 3.05) is 18.0 Å². The van der Waals surface area contributed by atoms with E-state index in [9.17, 15) is 4.79 Å². The number of amides is 1. The minimum absolute atomic E-state index is 0.0699. The van der Waals surface area contributed by atoms with Gasteiger partial charge >= 0.3 is 0 Å². The second-order valence-corrected chi connectivity index (χ2v) is 8.00. The molecule has 2 aliphatic rings. The molecule has 6 nitrogen and oxygen atoms in total. The van der Waals surface area contributed by atoms with Gasteiger partial charge in [0.25, 0.3) is 0 Å². The molecule has 2 aromatic heterocycles. The SMILES string of the molecule is CC1CCN(c2cc(-c3nccn3CC(=O)NC3CCCC3)ccn2)CC1. The fourth-order valence-electron chi connectivity index (χ4n) is 4.16. The highest BCUT2D eigenvalue weighted by Gasteiger charge is 2.20. The fourth-order valence-corrected chi connectivity index (χ4v) is 4.16. The van der Waals surface area contributed by atoms with Gasteiger partial charge in [-0.05, 0) is 43.7 Å². The molecule has 0 unspecified atom stereocenters. The van der Waals surface area contributed by atoms with Crippen LogP contribution < -0.4 is 10.2 Å². The zero-order valence-corrected chi connectivity index (χ0v) is 16.1. The Labute approximate surface area is 161 Å². The molecule has 0 aromatic carbocycles. The number of hydrogen-bond acceptors (Lipinski definition) is 4. The van der Waals surface area contributed by atoms with Crippen LogP contribution in [0.2, 0.25) is 0 Å². The summed E-state index contributed by atoms with van der Waals surface area (Å²) in [5.41, 5.74) is 1.01. The maximum atomic E-state index is 12.4. The summed E-state index contributed by atoms with van der Waals surface area (Å²) in [5.74, 6) is 2.69. The molecular formula is C21H29N5O. The van der Waals surface area contributed by atoms with Crippen LogP contribution in [0.4, 0.5) is 5.82 Å². The molecule has 27 heavy (non-hydrogen) atoms. The van der Waals surface area contributed by atoms with Crippen molar-refractivity contribution in [3.05, 3.63) is 30.7 Å². The second kappa shape index (κ2) is 8.11. The molecule has 0 bridgehead atoms. The summed E-state index contributed by atoms with van der Waals surface area (Å²) in [7, 11) is 0. The van der Waals surface area contributed by atoms with Crippen molar-refractivity contribution < 1.29 is 4.79 Å². The van der Waals surface area contributed by atoms with Crippen molar-refractivity contribution in [2.45, 2.75) is 58.0 Å². The van der Waals surface area contributed by atoms with Crippen LogP contribution in [-0.2, 0) is 11.3 Å². The zero-order chi connectivity index (χ0) is 18.6. The standard InChI is InChI=1S/C21H29N5O/c1-16-7-11-25(12-8-16)19-14-17(6-9-22-19)21-23-10-13-26(21)15-20(27)24-18-4-2-3-5-18/h6,9-10,13-14,16,18H,2-5,7-8,11-12,15H2,1H3,(H,24,27). The second-order valence-electron chi connectivity index (χ2n) is 8.00. The Balaban J connectivity index is 1.47. The van der Waals surface area contributed by atoms with Crippen LogP contribution in [0.3, 0.4) is 0 Å². The summed E-state index contributed by atoms with van der Waals surface area (Å²) in [6.45, 7) is 4.73. The van der Waals surface area contributed by atoms with Crippen molar-refractivity contribution in [2.24, 2.45) is 5.92 Å². The van der Waals surface area contributed by atoms with Crippen LogP contribution >= 0.6 is 0 Å². The number of hydrogen-bond donors (Lipinski definition) is 1. The molecule has 1 saturated carbocycles. The highest BCUT2D eigenvalue weighted by atomic mass is 16.2. The molecule has 2 aromatic rings. The number of nitrogens with one attached hydrogen (secondary N) is 1. The largest absolute Gasteiger partial charge is 0.357 e. The van der Waals surface area contributed by atoms with E-state index >= 15 is 0 Å². The van der Waals surface area contributed by atoms with Gasteiger partial charge in [-0.25, -0.2) is 9.97 Å². The molecular weight excluding hydrogens is 338 g/mol. The predicted molar refractivity (Wildman–Crippen MR) is 106 cm³/mol. The summed E-state index contributed by atoms with van der Waals surface area (Å²) in [4.78, 5) is 23.8. The third-order valence-electron chi connectivity index (χ3n) is 5.86. The van der Waals surface area contributed by atoms with E-state index in [0.717, 1.165) is 49.1 Å². The fraction of sp³-hybridized carbons (Fsp3) is 0.571. The van der Waals surface area contributed by atoms with E-state index in [4.69, 9.17) is 0 Å². The first-order chi connectivity index (χ1) is 13.2. The van der Waals surface area contributed by atoms with Gasteiger partial charge in [0, 0.05) is 43.3 Å². The topological polar surface area (TPSA) is 63.1 Å². The van der Waals surface area contributed by atoms with E-state index in [-0.39, 0.29) is 5.91 Å². The number of anilines is 1. The molecule has 1 aliphatic heterocycles. The first-order valence-electron chi connectivity index (χ1n) is 10.2.